The molecule has 0 atom stereocenters. The molecule has 20 heavy (non-hydrogen) atoms. The maximum absolute atomic E-state index is 11.8. The Labute approximate surface area is 121 Å². The molecule has 2 heterocycles. The summed E-state index contributed by atoms with van der Waals surface area (Å²) in [5.41, 5.74) is 2.82. The molecule has 0 unspecified atom stereocenters. The zero-order chi connectivity index (χ0) is 14.5. The number of rotatable bonds is 5. The molecule has 0 spiro atoms. The monoisotopic (exact) mass is 291 g/mol. The highest BCUT2D eigenvalue weighted by Gasteiger charge is 2.06. The van der Waals surface area contributed by atoms with Crippen LogP contribution in [0.2, 0.25) is 0 Å². The molecule has 0 bridgehead atoms. The lowest BCUT2D eigenvalue weighted by atomic mass is 10.2. The van der Waals surface area contributed by atoms with Gasteiger partial charge in [0.25, 0.3) is 0 Å². The van der Waals surface area contributed by atoms with Gasteiger partial charge >= 0.3 is 4.87 Å². The van der Waals surface area contributed by atoms with Crippen LogP contribution in [-0.4, -0.2) is 15.5 Å². The minimum atomic E-state index is -0.0666. The molecule has 2 aromatic heterocycles. The van der Waals surface area contributed by atoms with Crippen molar-refractivity contribution in [3.05, 3.63) is 50.3 Å². The third-order valence-electron chi connectivity index (χ3n) is 3.00. The second-order valence-electron chi connectivity index (χ2n) is 4.63. The Morgan fingerprint density at radius 1 is 1.40 bits per heavy atom. The smallest absolute Gasteiger partial charge is 0.307 e. The molecule has 106 valence electrons. The molecule has 0 aliphatic heterocycles. The first-order valence-corrected chi connectivity index (χ1v) is 7.27. The van der Waals surface area contributed by atoms with Gasteiger partial charge in [-0.05, 0) is 25.5 Å². The molecule has 1 N–H and O–H groups in total. The minimum Gasteiger partial charge on any atom is -0.352 e. The molecule has 2 aromatic rings. The highest BCUT2D eigenvalue weighted by molar-refractivity contribution is 7.07. The van der Waals surface area contributed by atoms with Gasteiger partial charge in [-0.2, -0.15) is 0 Å². The first-order chi connectivity index (χ1) is 9.56. The van der Waals surface area contributed by atoms with Gasteiger partial charge in [-0.3, -0.25) is 14.6 Å². The van der Waals surface area contributed by atoms with Crippen molar-refractivity contribution in [2.75, 3.05) is 0 Å². The third-order valence-corrected chi connectivity index (χ3v) is 3.88. The molecule has 1 amide bonds. The van der Waals surface area contributed by atoms with Crippen molar-refractivity contribution in [2.24, 2.45) is 0 Å². The molecule has 0 fully saturated rings. The number of aromatic nitrogens is 2. The van der Waals surface area contributed by atoms with Crippen LogP contribution >= 0.6 is 11.3 Å². The number of nitrogens with zero attached hydrogens (tertiary/aromatic N) is 2. The predicted molar refractivity (Wildman–Crippen MR) is 78.8 cm³/mol. The van der Waals surface area contributed by atoms with Crippen LogP contribution in [0.15, 0.2) is 28.5 Å². The van der Waals surface area contributed by atoms with Gasteiger partial charge in [0.15, 0.2) is 0 Å². The second kappa shape index (κ2) is 6.47. The van der Waals surface area contributed by atoms with E-state index in [1.54, 1.807) is 16.1 Å². The van der Waals surface area contributed by atoms with Gasteiger partial charge in [-0.25, -0.2) is 0 Å². The fourth-order valence-corrected chi connectivity index (χ4v) is 2.54. The third kappa shape index (κ3) is 3.77. The normalized spacial score (nSPS) is 10.5. The Bertz CT molecular complexity index is 643. The standard InChI is InChI=1S/C14H17N3O2S/c1-10-3-4-12(7-15-10)8-16-13(18)5-6-17-11(2)9-20-14(17)19/h3-4,7,9H,5-6,8H2,1-2H3,(H,16,18). The number of hydrogen-bond donors (Lipinski definition) is 1. The quantitative estimate of drug-likeness (QED) is 0.910. The average Bonchev–Trinajstić information content (AvgIpc) is 2.75. The molecular formula is C14H17N3O2S. The maximum atomic E-state index is 11.8. The number of nitrogens with one attached hydrogen (secondary N) is 1. The van der Waals surface area contributed by atoms with Gasteiger partial charge in [-0.15, -0.1) is 0 Å². The minimum absolute atomic E-state index is 0.0157. The van der Waals surface area contributed by atoms with Gasteiger partial charge in [-0.1, -0.05) is 17.4 Å². The number of aryl methyl sites for hydroxylation is 2. The van der Waals surface area contributed by atoms with Crippen molar-refractivity contribution in [1.82, 2.24) is 14.9 Å². The lowest BCUT2D eigenvalue weighted by Gasteiger charge is -2.06. The van der Waals surface area contributed by atoms with Gasteiger partial charge in [0.05, 0.1) is 0 Å². The predicted octanol–water partition coefficient (Wildman–Crippen LogP) is 1.63. The Kier molecular flexibility index (Phi) is 4.68. The van der Waals surface area contributed by atoms with Crippen LogP contribution in [0.4, 0.5) is 0 Å². The summed E-state index contributed by atoms with van der Waals surface area (Å²) in [5, 5.41) is 4.63. The summed E-state index contributed by atoms with van der Waals surface area (Å²) in [6.07, 6.45) is 2.06. The van der Waals surface area contributed by atoms with Gasteiger partial charge in [0.1, 0.15) is 0 Å². The van der Waals surface area contributed by atoms with E-state index in [0.717, 1.165) is 28.3 Å². The molecular weight excluding hydrogens is 274 g/mol. The fraction of sp³-hybridized carbons (Fsp3) is 0.357. The second-order valence-corrected chi connectivity index (χ2v) is 5.45. The Balaban J connectivity index is 1.81. The van der Waals surface area contributed by atoms with Crippen LogP contribution in [0.1, 0.15) is 23.4 Å². The van der Waals surface area contributed by atoms with Crippen LogP contribution in [0, 0.1) is 13.8 Å². The summed E-state index contributed by atoms with van der Waals surface area (Å²) in [5.74, 6) is -0.0666. The summed E-state index contributed by atoms with van der Waals surface area (Å²) in [7, 11) is 0. The average molecular weight is 291 g/mol. The molecule has 0 saturated heterocycles. The van der Waals surface area contributed by atoms with E-state index >= 15 is 0 Å². The van der Waals surface area contributed by atoms with Crippen molar-refractivity contribution in [3.63, 3.8) is 0 Å². The molecule has 5 nitrogen and oxygen atoms in total. The highest BCUT2D eigenvalue weighted by Crippen LogP contribution is 2.02. The van der Waals surface area contributed by atoms with E-state index in [0.29, 0.717) is 19.5 Å². The van der Waals surface area contributed by atoms with E-state index in [-0.39, 0.29) is 10.8 Å². The lowest BCUT2D eigenvalue weighted by Crippen LogP contribution is -2.26. The highest BCUT2D eigenvalue weighted by atomic mass is 32.1. The first-order valence-electron chi connectivity index (χ1n) is 6.39. The van der Waals surface area contributed by atoms with Gasteiger partial charge in [0.2, 0.25) is 5.91 Å². The van der Waals surface area contributed by atoms with E-state index in [2.05, 4.69) is 10.3 Å². The summed E-state index contributed by atoms with van der Waals surface area (Å²) in [6.45, 7) is 4.67. The van der Waals surface area contributed by atoms with E-state index < -0.39 is 0 Å². The van der Waals surface area contributed by atoms with Crippen molar-refractivity contribution in [1.29, 1.82) is 0 Å². The van der Waals surface area contributed by atoms with E-state index in [1.807, 2.05) is 26.0 Å². The van der Waals surface area contributed by atoms with Gasteiger partial charge in [0, 0.05) is 42.5 Å². The zero-order valence-electron chi connectivity index (χ0n) is 11.5. The van der Waals surface area contributed by atoms with Crippen LogP contribution in [-0.2, 0) is 17.9 Å². The SMILES string of the molecule is Cc1ccc(CNC(=O)CCn2c(C)csc2=O)cn1. The molecule has 2 rings (SSSR count). The molecule has 6 heteroatoms. The molecule has 0 saturated carbocycles. The summed E-state index contributed by atoms with van der Waals surface area (Å²) < 4.78 is 1.62. The van der Waals surface area contributed by atoms with Crippen molar-refractivity contribution < 1.29 is 4.79 Å². The topological polar surface area (TPSA) is 64.0 Å². The Morgan fingerprint density at radius 3 is 2.80 bits per heavy atom. The number of carbonyl (C=O) groups is 1. The summed E-state index contributed by atoms with van der Waals surface area (Å²) >= 11 is 1.16. The Hall–Kier alpha value is -1.95. The van der Waals surface area contributed by atoms with Crippen LogP contribution in [0.25, 0.3) is 0 Å². The largest absolute Gasteiger partial charge is 0.352 e. The van der Waals surface area contributed by atoms with E-state index in [9.17, 15) is 9.59 Å². The van der Waals surface area contributed by atoms with Gasteiger partial charge < -0.3 is 9.88 Å². The zero-order valence-corrected chi connectivity index (χ0v) is 12.4. The molecule has 0 aliphatic rings. The lowest BCUT2D eigenvalue weighted by molar-refractivity contribution is -0.121. The molecule has 0 aliphatic carbocycles. The van der Waals surface area contributed by atoms with Crippen LogP contribution in [0.5, 0.6) is 0 Å². The first kappa shape index (κ1) is 14.5. The van der Waals surface area contributed by atoms with Crippen molar-refractivity contribution >= 4 is 17.2 Å². The van der Waals surface area contributed by atoms with Crippen LogP contribution < -0.4 is 10.2 Å². The Morgan fingerprint density at radius 2 is 2.20 bits per heavy atom. The molecule has 0 radical (unpaired) electrons. The summed E-state index contributed by atoms with van der Waals surface area (Å²) in [4.78, 5) is 27.4. The fourth-order valence-electron chi connectivity index (χ4n) is 1.78. The van der Waals surface area contributed by atoms with Crippen molar-refractivity contribution in [3.8, 4) is 0 Å². The number of hydrogen-bond acceptors (Lipinski definition) is 4. The number of thiazole rings is 1. The van der Waals surface area contributed by atoms with Crippen LogP contribution in [0.3, 0.4) is 0 Å². The number of carbonyl (C=O) groups excluding carboxylic acids is 1. The molecule has 0 aromatic carbocycles. The summed E-state index contributed by atoms with van der Waals surface area (Å²) in [6, 6.07) is 3.85. The number of pyridine rings is 1. The van der Waals surface area contributed by atoms with E-state index in [4.69, 9.17) is 0 Å². The number of amides is 1. The maximum Gasteiger partial charge on any atom is 0.307 e. The van der Waals surface area contributed by atoms with Crippen molar-refractivity contribution in [2.45, 2.75) is 33.4 Å². The van der Waals surface area contributed by atoms with E-state index in [1.165, 1.54) is 0 Å².